The van der Waals surface area contributed by atoms with E-state index < -0.39 is 5.54 Å². The maximum atomic E-state index is 10.9. The summed E-state index contributed by atoms with van der Waals surface area (Å²) in [6.45, 7) is 1.90. The highest BCUT2D eigenvalue weighted by atomic mass is 79.9. The average Bonchev–Trinajstić information content (AvgIpc) is 3.07. The first-order valence-corrected chi connectivity index (χ1v) is 7.77. The van der Waals surface area contributed by atoms with Crippen LogP contribution in [0.15, 0.2) is 26.0 Å². The van der Waals surface area contributed by atoms with Gasteiger partial charge in [0.05, 0.1) is 12.6 Å². The van der Waals surface area contributed by atoms with Crippen LogP contribution in [-0.2, 0) is 10.3 Å². The molecule has 0 amide bonds. The molecule has 1 aliphatic rings. The number of nitrogens with zero attached hydrogens (tertiary/aromatic N) is 1. The molecule has 0 radical (unpaired) electrons. The monoisotopic (exact) mass is 349 g/mol. The summed E-state index contributed by atoms with van der Waals surface area (Å²) in [4.78, 5) is 15.1. The number of halogens is 1. The van der Waals surface area contributed by atoms with Gasteiger partial charge in [0, 0.05) is 9.86 Å². The van der Waals surface area contributed by atoms with Gasteiger partial charge >= 0.3 is 0 Å². The highest BCUT2D eigenvalue weighted by Gasteiger charge is 2.38. The van der Waals surface area contributed by atoms with Crippen molar-refractivity contribution in [3.8, 4) is 5.75 Å². The van der Waals surface area contributed by atoms with E-state index in [4.69, 9.17) is 9.15 Å². The number of furan rings is 1. The SMILES string of the molecule is COc1cc(C2(N=C=O)CCCC2)c(Br)c2cc(C)oc12. The number of aryl methyl sites for hydroxylation is 1. The highest BCUT2D eigenvalue weighted by molar-refractivity contribution is 9.10. The molecule has 0 unspecified atom stereocenters. The van der Waals surface area contributed by atoms with Gasteiger partial charge in [0.15, 0.2) is 11.3 Å². The zero-order valence-electron chi connectivity index (χ0n) is 12.0. The van der Waals surface area contributed by atoms with E-state index in [-0.39, 0.29) is 0 Å². The standard InChI is InChI=1S/C16H16BrNO3/c1-10-7-11-14(17)12(8-13(20-2)15(11)21-10)16(18-9-19)5-3-4-6-16/h7-8H,3-6H2,1-2H3. The Morgan fingerprint density at radius 2 is 2.10 bits per heavy atom. The van der Waals surface area contributed by atoms with Crippen LogP contribution in [0.25, 0.3) is 11.0 Å². The normalized spacial score (nSPS) is 16.9. The van der Waals surface area contributed by atoms with Crippen LogP contribution in [0, 0.1) is 6.92 Å². The third kappa shape index (κ3) is 2.21. The van der Waals surface area contributed by atoms with Crippen molar-refractivity contribution in [3.63, 3.8) is 0 Å². The zero-order valence-corrected chi connectivity index (χ0v) is 13.6. The van der Waals surface area contributed by atoms with Crippen molar-refractivity contribution in [1.82, 2.24) is 0 Å². The molecular formula is C16H16BrNO3. The quantitative estimate of drug-likeness (QED) is 0.600. The van der Waals surface area contributed by atoms with Crippen molar-refractivity contribution in [3.05, 3.63) is 27.9 Å². The molecule has 0 saturated heterocycles. The van der Waals surface area contributed by atoms with Crippen LogP contribution in [0.4, 0.5) is 0 Å². The maximum absolute atomic E-state index is 10.9. The first kappa shape index (κ1) is 14.4. The number of hydrogen-bond donors (Lipinski definition) is 0. The predicted molar refractivity (Wildman–Crippen MR) is 83.5 cm³/mol. The highest BCUT2D eigenvalue weighted by Crippen LogP contribution is 2.49. The lowest BCUT2D eigenvalue weighted by Crippen LogP contribution is -2.19. The second-order valence-electron chi connectivity index (χ2n) is 5.48. The van der Waals surface area contributed by atoms with Crippen LogP contribution in [0.1, 0.15) is 37.0 Å². The lowest BCUT2D eigenvalue weighted by Gasteiger charge is -2.25. The van der Waals surface area contributed by atoms with Crippen molar-refractivity contribution in [2.75, 3.05) is 7.11 Å². The molecule has 21 heavy (non-hydrogen) atoms. The number of hydrogen-bond acceptors (Lipinski definition) is 4. The number of ether oxygens (including phenoxy) is 1. The molecule has 1 heterocycles. The van der Waals surface area contributed by atoms with Crippen molar-refractivity contribution in [2.45, 2.75) is 38.1 Å². The first-order valence-electron chi connectivity index (χ1n) is 6.97. The number of aliphatic imine (C=N–C) groups is 1. The Bertz CT molecular complexity index is 738. The smallest absolute Gasteiger partial charge is 0.235 e. The van der Waals surface area contributed by atoms with Crippen molar-refractivity contribution >= 4 is 33.0 Å². The fourth-order valence-electron chi connectivity index (χ4n) is 3.24. The van der Waals surface area contributed by atoms with Gasteiger partial charge in [-0.2, -0.15) is 4.99 Å². The van der Waals surface area contributed by atoms with E-state index in [1.54, 1.807) is 13.2 Å². The minimum atomic E-state index is -0.493. The third-order valence-electron chi connectivity index (χ3n) is 4.24. The summed E-state index contributed by atoms with van der Waals surface area (Å²) < 4.78 is 12.1. The van der Waals surface area contributed by atoms with Crippen molar-refractivity contribution in [1.29, 1.82) is 0 Å². The van der Waals surface area contributed by atoms with E-state index >= 15 is 0 Å². The van der Waals surface area contributed by atoms with Crippen molar-refractivity contribution < 1.29 is 13.9 Å². The van der Waals surface area contributed by atoms with Crippen LogP contribution < -0.4 is 4.74 Å². The van der Waals surface area contributed by atoms with Crippen LogP contribution >= 0.6 is 15.9 Å². The van der Waals surface area contributed by atoms with E-state index in [0.717, 1.165) is 46.9 Å². The second-order valence-corrected chi connectivity index (χ2v) is 6.27. The van der Waals surface area contributed by atoms with E-state index in [1.807, 2.05) is 19.1 Å². The molecule has 0 atom stereocenters. The number of rotatable bonds is 3. The molecule has 110 valence electrons. The predicted octanol–water partition coefficient (Wildman–Crippen LogP) is 4.62. The van der Waals surface area contributed by atoms with Crippen molar-refractivity contribution in [2.24, 2.45) is 4.99 Å². The Hall–Kier alpha value is -1.58. The Morgan fingerprint density at radius 1 is 1.38 bits per heavy atom. The number of methoxy groups -OCH3 is 1. The molecular weight excluding hydrogens is 334 g/mol. The van der Waals surface area contributed by atoms with Gasteiger partial charge in [0.25, 0.3) is 0 Å². The average molecular weight is 350 g/mol. The molecule has 2 aromatic rings. The summed E-state index contributed by atoms with van der Waals surface area (Å²) in [5, 5.41) is 0.953. The van der Waals surface area contributed by atoms with Gasteiger partial charge in [-0.1, -0.05) is 12.8 Å². The van der Waals surface area contributed by atoms with Crippen LogP contribution in [0.2, 0.25) is 0 Å². The minimum absolute atomic E-state index is 0.493. The van der Waals surface area contributed by atoms with E-state index in [1.165, 1.54) is 0 Å². The molecule has 1 aromatic carbocycles. The summed E-state index contributed by atoms with van der Waals surface area (Å²) in [6.07, 6.45) is 5.58. The molecule has 1 fully saturated rings. The summed E-state index contributed by atoms with van der Waals surface area (Å²) in [6, 6.07) is 3.90. The summed E-state index contributed by atoms with van der Waals surface area (Å²) in [5.41, 5.74) is 1.20. The van der Waals surface area contributed by atoms with E-state index in [2.05, 4.69) is 20.9 Å². The van der Waals surface area contributed by atoms with E-state index in [0.29, 0.717) is 11.3 Å². The molecule has 1 saturated carbocycles. The lowest BCUT2D eigenvalue weighted by atomic mass is 9.88. The third-order valence-corrected chi connectivity index (χ3v) is 5.09. The maximum Gasteiger partial charge on any atom is 0.235 e. The van der Waals surface area contributed by atoms with Gasteiger partial charge in [0.1, 0.15) is 5.76 Å². The summed E-state index contributed by atoms with van der Waals surface area (Å²) in [7, 11) is 1.62. The molecule has 5 heteroatoms. The molecule has 0 aliphatic heterocycles. The van der Waals surface area contributed by atoms with Crippen LogP contribution in [0.5, 0.6) is 5.75 Å². The Morgan fingerprint density at radius 3 is 2.71 bits per heavy atom. The molecule has 4 nitrogen and oxygen atoms in total. The molecule has 3 rings (SSSR count). The van der Waals surface area contributed by atoms with Crippen LogP contribution in [-0.4, -0.2) is 13.2 Å². The van der Waals surface area contributed by atoms with Gasteiger partial charge in [-0.05, 0) is 53.4 Å². The van der Waals surface area contributed by atoms with Gasteiger partial charge in [-0.15, -0.1) is 0 Å². The van der Waals surface area contributed by atoms with Crippen LogP contribution in [0.3, 0.4) is 0 Å². The number of fused-ring (bicyclic) bond motifs is 1. The Balaban J connectivity index is 2.31. The lowest BCUT2D eigenvalue weighted by molar-refractivity contribution is 0.403. The molecule has 0 bridgehead atoms. The Labute approximate surface area is 131 Å². The fraction of sp³-hybridized carbons (Fsp3) is 0.438. The largest absolute Gasteiger partial charge is 0.493 e. The number of carbonyl (C=O) groups excluding carboxylic acids is 1. The fourth-order valence-corrected chi connectivity index (χ4v) is 4.02. The van der Waals surface area contributed by atoms with E-state index in [9.17, 15) is 4.79 Å². The van der Waals surface area contributed by atoms with Gasteiger partial charge in [-0.3, -0.25) is 0 Å². The topological polar surface area (TPSA) is 51.8 Å². The van der Waals surface area contributed by atoms with Gasteiger partial charge < -0.3 is 9.15 Å². The number of isocyanates is 1. The molecule has 0 spiro atoms. The molecule has 1 aromatic heterocycles. The van der Waals surface area contributed by atoms with Gasteiger partial charge in [-0.25, -0.2) is 4.79 Å². The zero-order chi connectivity index (χ0) is 15.0. The molecule has 0 N–H and O–H groups in total. The Kier molecular flexibility index (Phi) is 3.64. The summed E-state index contributed by atoms with van der Waals surface area (Å²) >= 11 is 3.67. The minimum Gasteiger partial charge on any atom is -0.493 e. The summed E-state index contributed by atoms with van der Waals surface area (Å²) in [5.74, 6) is 1.49. The molecule has 1 aliphatic carbocycles. The number of benzene rings is 1. The van der Waals surface area contributed by atoms with Gasteiger partial charge in [0.2, 0.25) is 6.08 Å². The second kappa shape index (κ2) is 5.32. The first-order chi connectivity index (χ1) is 10.1.